The number of fused-ring (bicyclic) bond motifs is 1. The molecule has 2 N–H and O–H groups in total. The molecule has 0 fully saturated rings. The maximum atomic E-state index is 13.7. The minimum Gasteiger partial charge on any atom is -0.465 e. The second-order valence-electron chi connectivity index (χ2n) is 5.37. The first-order chi connectivity index (χ1) is 12.0. The third-order valence-corrected chi connectivity index (χ3v) is 4.22. The van der Waals surface area contributed by atoms with Crippen LogP contribution in [0.5, 0.6) is 0 Å². The largest absolute Gasteiger partial charge is 0.465 e. The Balaban J connectivity index is 2.13. The summed E-state index contributed by atoms with van der Waals surface area (Å²) in [5.41, 5.74) is 0.814. The molecule has 3 rings (SSSR count). The van der Waals surface area contributed by atoms with Gasteiger partial charge in [-0.25, -0.2) is 9.18 Å². The van der Waals surface area contributed by atoms with Crippen molar-refractivity contribution in [1.29, 1.82) is 0 Å². The molecule has 0 atom stereocenters. The number of methoxy groups -OCH3 is 1. The van der Waals surface area contributed by atoms with Crippen molar-refractivity contribution in [3.63, 3.8) is 0 Å². The summed E-state index contributed by atoms with van der Waals surface area (Å²) < 4.78 is 19.3. The average Bonchev–Trinajstić information content (AvgIpc) is 2.59. The Morgan fingerprint density at radius 2 is 2.08 bits per heavy atom. The van der Waals surface area contributed by atoms with Gasteiger partial charge < -0.3 is 15.0 Å². The summed E-state index contributed by atoms with van der Waals surface area (Å²) in [5, 5.41) is 3.47. The molecule has 3 aromatic rings. The van der Waals surface area contributed by atoms with Crippen LogP contribution in [0.25, 0.3) is 10.9 Å². The molecule has 0 bridgehead atoms. The van der Waals surface area contributed by atoms with Gasteiger partial charge >= 0.3 is 5.97 Å². The lowest BCUT2D eigenvalue weighted by Gasteiger charge is -2.14. The second-order valence-corrected chi connectivity index (χ2v) is 6.28. The number of aromatic amines is 1. The number of pyridine rings is 1. The molecule has 1 aromatic heterocycles. The van der Waals surface area contributed by atoms with Gasteiger partial charge in [-0.1, -0.05) is 28.1 Å². The fraction of sp³-hybridized carbons (Fsp3) is 0.111. The highest BCUT2D eigenvalue weighted by atomic mass is 79.9. The Bertz CT molecular complexity index is 1020. The number of H-pyrrole nitrogens is 1. The lowest BCUT2D eigenvalue weighted by Crippen LogP contribution is -2.22. The van der Waals surface area contributed by atoms with Gasteiger partial charge in [-0.15, -0.1) is 0 Å². The zero-order valence-corrected chi connectivity index (χ0v) is 14.8. The molecule has 2 aromatic carbocycles. The standard InChI is InChI=1S/C18H14BrFN2O3/c1-25-18(24)15-16(21-9-10-3-2-4-11(19)7-10)13-8-12(20)5-6-14(13)22-17(15)23/h2-8H,9H2,1H3,(H2,21,22,23). The SMILES string of the molecule is COC(=O)c1c(NCc2cccc(Br)c2)c2cc(F)ccc2[nH]c1=O. The van der Waals surface area contributed by atoms with E-state index in [1.54, 1.807) is 0 Å². The number of ether oxygens (including phenoxy) is 1. The molecule has 0 aliphatic carbocycles. The molecule has 25 heavy (non-hydrogen) atoms. The maximum absolute atomic E-state index is 13.7. The van der Waals surface area contributed by atoms with E-state index in [4.69, 9.17) is 4.74 Å². The van der Waals surface area contributed by atoms with Crippen LogP contribution in [-0.2, 0) is 11.3 Å². The van der Waals surface area contributed by atoms with E-state index >= 15 is 0 Å². The van der Waals surface area contributed by atoms with Crippen molar-refractivity contribution in [3.8, 4) is 0 Å². The molecule has 7 heteroatoms. The van der Waals surface area contributed by atoms with Gasteiger partial charge in [0.05, 0.1) is 18.3 Å². The van der Waals surface area contributed by atoms with Crippen LogP contribution >= 0.6 is 15.9 Å². The summed E-state index contributed by atoms with van der Waals surface area (Å²) in [6.07, 6.45) is 0. The quantitative estimate of drug-likeness (QED) is 0.648. The van der Waals surface area contributed by atoms with Crippen LogP contribution in [0.3, 0.4) is 0 Å². The molecule has 0 saturated carbocycles. The molecule has 0 aliphatic rings. The fourth-order valence-electron chi connectivity index (χ4n) is 2.58. The van der Waals surface area contributed by atoms with Crippen molar-refractivity contribution in [2.45, 2.75) is 6.54 Å². The van der Waals surface area contributed by atoms with Gasteiger partial charge in [0.2, 0.25) is 0 Å². The van der Waals surface area contributed by atoms with Crippen molar-refractivity contribution in [2.24, 2.45) is 0 Å². The number of esters is 1. The molecule has 128 valence electrons. The van der Waals surface area contributed by atoms with Gasteiger partial charge in [0.25, 0.3) is 5.56 Å². The molecule has 0 unspecified atom stereocenters. The Morgan fingerprint density at radius 1 is 1.28 bits per heavy atom. The highest BCUT2D eigenvalue weighted by molar-refractivity contribution is 9.10. The van der Waals surface area contributed by atoms with E-state index in [2.05, 4.69) is 26.2 Å². The van der Waals surface area contributed by atoms with Crippen molar-refractivity contribution in [3.05, 3.63) is 74.2 Å². The predicted molar refractivity (Wildman–Crippen MR) is 97.3 cm³/mol. The Labute approximate surface area is 151 Å². The molecule has 5 nitrogen and oxygen atoms in total. The number of carbonyl (C=O) groups is 1. The summed E-state index contributed by atoms with van der Waals surface area (Å²) in [5.74, 6) is -1.26. The zero-order valence-electron chi connectivity index (χ0n) is 13.2. The molecule has 0 amide bonds. The average molecular weight is 405 g/mol. The third kappa shape index (κ3) is 3.56. The first-order valence-corrected chi connectivity index (χ1v) is 8.21. The van der Waals surface area contributed by atoms with E-state index in [0.29, 0.717) is 17.4 Å². The Hall–Kier alpha value is -2.67. The van der Waals surface area contributed by atoms with E-state index in [-0.39, 0.29) is 11.3 Å². The maximum Gasteiger partial charge on any atom is 0.345 e. The number of rotatable bonds is 4. The summed E-state index contributed by atoms with van der Waals surface area (Å²) in [6, 6.07) is 11.5. The number of anilines is 1. The van der Waals surface area contributed by atoms with E-state index < -0.39 is 17.3 Å². The minimum atomic E-state index is -0.788. The van der Waals surface area contributed by atoms with Crippen molar-refractivity contribution >= 4 is 38.5 Å². The summed E-state index contributed by atoms with van der Waals surface area (Å²) in [7, 11) is 1.19. The number of aromatic nitrogens is 1. The van der Waals surface area contributed by atoms with Crippen LogP contribution in [0.4, 0.5) is 10.1 Å². The van der Waals surface area contributed by atoms with E-state index in [1.165, 1.54) is 25.3 Å². The van der Waals surface area contributed by atoms with Crippen LogP contribution in [-0.4, -0.2) is 18.1 Å². The molecular weight excluding hydrogens is 391 g/mol. The zero-order chi connectivity index (χ0) is 18.0. The molecule has 0 spiro atoms. The van der Waals surface area contributed by atoms with Gasteiger partial charge in [-0.2, -0.15) is 0 Å². The number of carbonyl (C=O) groups excluding carboxylic acids is 1. The van der Waals surface area contributed by atoms with Gasteiger partial charge in [-0.05, 0) is 35.9 Å². The molecule has 0 aliphatic heterocycles. The highest BCUT2D eigenvalue weighted by Crippen LogP contribution is 2.26. The number of hydrogen-bond acceptors (Lipinski definition) is 4. The first-order valence-electron chi connectivity index (χ1n) is 7.42. The molecule has 0 saturated heterocycles. The van der Waals surface area contributed by atoms with Gasteiger partial charge in [0.15, 0.2) is 0 Å². The molecular formula is C18H14BrFN2O3. The van der Waals surface area contributed by atoms with E-state index in [0.717, 1.165) is 10.0 Å². The lowest BCUT2D eigenvalue weighted by atomic mass is 10.1. The van der Waals surface area contributed by atoms with Crippen LogP contribution in [0.2, 0.25) is 0 Å². The highest BCUT2D eigenvalue weighted by Gasteiger charge is 2.20. The van der Waals surface area contributed by atoms with Crippen molar-refractivity contribution < 1.29 is 13.9 Å². The number of halogens is 2. The molecule has 1 heterocycles. The summed E-state index contributed by atoms with van der Waals surface area (Å²) in [4.78, 5) is 27.0. The smallest absolute Gasteiger partial charge is 0.345 e. The number of hydrogen-bond donors (Lipinski definition) is 2. The van der Waals surface area contributed by atoms with Gasteiger partial charge in [0, 0.05) is 16.4 Å². The Kier molecular flexibility index (Phi) is 4.85. The predicted octanol–water partition coefficient (Wildman–Crippen LogP) is 3.83. The van der Waals surface area contributed by atoms with Gasteiger partial charge in [0.1, 0.15) is 11.4 Å². The van der Waals surface area contributed by atoms with Crippen LogP contribution in [0, 0.1) is 5.82 Å². The van der Waals surface area contributed by atoms with Crippen molar-refractivity contribution in [1.82, 2.24) is 4.98 Å². The van der Waals surface area contributed by atoms with Crippen LogP contribution < -0.4 is 10.9 Å². The number of nitrogens with one attached hydrogen (secondary N) is 2. The molecule has 0 radical (unpaired) electrons. The van der Waals surface area contributed by atoms with Gasteiger partial charge in [-0.3, -0.25) is 4.79 Å². The van der Waals surface area contributed by atoms with Crippen molar-refractivity contribution in [2.75, 3.05) is 12.4 Å². The van der Waals surface area contributed by atoms with Crippen LogP contribution in [0.1, 0.15) is 15.9 Å². The summed E-state index contributed by atoms with van der Waals surface area (Å²) in [6.45, 7) is 0.346. The summed E-state index contributed by atoms with van der Waals surface area (Å²) >= 11 is 3.39. The van der Waals surface area contributed by atoms with E-state index in [9.17, 15) is 14.0 Å². The number of benzene rings is 2. The fourth-order valence-corrected chi connectivity index (χ4v) is 3.03. The monoisotopic (exact) mass is 404 g/mol. The minimum absolute atomic E-state index is 0.185. The third-order valence-electron chi connectivity index (χ3n) is 3.72. The van der Waals surface area contributed by atoms with Crippen LogP contribution in [0.15, 0.2) is 51.7 Å². The lowest BCUT2D eigenvalue weighted by molar-refractivity contribution is 0.0600. The van der Waals surface area contributed by atoms with E-state index in [1.807, 2.05) is 24.3 Å². The normalized spacial score (nSPS) is 10.7. The second kappa shape index (κ2) is 7.06. The topological polar surface area (TPSA) is 71.2 Å². The Morgan fingerprint density at radius 3 is 2.80 bits per heavy atom. The first kappa shape index (κ1) is 17.2.